The third-order valence-electron chi connectivity index (χ3n) is 4.78. The molecule has 1 N–H and O–H groups in total. The van der Waals surface area contributed by atoms with Crippen LogP contribution < -0.4 is 19.7 Å². The predicted octanol–water partition coefficient (Wildman–Crippen LogP) is 3.88. The second-order valence-corrected chi connectivity index (χ2v) is 6.96. The van der Waals surface area contributed by atoms with Gasteiger partial charge in [-0.05, 0) is 25.5 Å². The minimum Gasteiger partial charge on any atom is -0.492 e. The van der Waals surface area contributed by atoms with Crippen LogP contribution in [0.1, 0.15) is 19.4 Å². The molecule has 1 amide bonds. The first-order valence-electron chi connectivity index (χ1n) is 10.5. The van der Waals surface area contributed by atoms with Crippen molar-refractivity contribution in [1.82, 2.24) is 0 Å². The minimum absolute atomic E-state index is 0.0359. The number of nitro groups is 1. The van der Waals surface area contributed by atoms with Crippen molar-refractivity contribution < 1.29 is 23.9 Å². The monoisotopic (exact) mass is 441 g/mol. The predicted molar refractivity (Wildman–Crippen MR) is 123 cm³/mol. The lowest BCUT2D eigenvalue weighted by Crippen LogP contribution is -2.36. The van der Waals surface area contributed by atoms with Crippen LogP contribution in [0.5, 0.6) is 11.5 Å². The molecule has 0 saturated carbocycles. The van der Waals surface area contributed by atoms with E-state index in [-0.39, 0.29) is 11.6 Å². The second-order valence-electron chi connectivity index (χ2n) is 6.96. The van der Waals surface area contributed by atoms with E-state index in [1.165, 1.54) is 24.3 Å². The summed E-state index contributed by atoms with van der Waals surface area (Å²) in [6, 6.07) is 9.70. The average Bonchev–Trinajstić information content (AvgIpc) is 2.80. The van der Waals surface area contributed by atoms with Gasteiger partial charge in [-0.2, -0.15) is 0 Å². The van der Waals surface area contributed by atoms with E-state index >= 15 is 0 Å². The fourth-order valence-corrected chi connectivity index (χ4v) is 3.33. The van der Waals surface area contributed by atoms with E-state index in [1.54, 1.807) is 18.2 Å². The van der Waals surface area contributed by atoms with Gasteiger partial charge in [-0.25, -0.2) is 0 Å². The van der Waals surface area contributed by atoms with Gasteiger partial charge in [0.2, 0.25) is 5.91 Å². The number of carbonyl (C=O) groups is 1. The van der Waals surface area contributed by atoms with Gasteiger partial charge < -0.3 is 24.4 Å². The molecule has 0 unspecified atom stereocenters. The van der Waals surface area contributed by atoms with Crippen LogP contribution in [0, 0.1) is 10.1 Å². The topological polar surface area (TPSA) is 103 Å². The van der Waals surface area contributed by atoms with Crippen molar-refractivity contribution in [1.29, 1.82) is 0 Å². The number of anilines is 2. The second kappa shape index (κ2) is 11.1. The lowest BCUT2D eigenvalue weighted by molar-refractivity contribution is -0.384. The van der Waals surface area contributed by atoms with E-state index in [1.807, 2.05) is 19.9 Å². The summed E-state index contributed by atoms with van der Waals surface area (Å²) in [5.74, 6) is 0.796. The fourth-order valence-electron chi connectivity index (χ4n) is 3.33. The summed E-state index contributed by atoms with van der Waals surface area (Å²) in [6.45, 7) is 7.44. The van der Waals surface area contributed by atoms with Crippen LogP contribution in [0.3, 0.4) is 0 Å². The van der Waals surface area contributed by atoms with E-state index in [0.717, 1.165) is 18.8 Å². The van der Waals surface area contributed by atoms with Crippen LogP contribution in [0.2, 0.25) is 0 Å². The number of non-ortho nitro benzene ring substituents is 1. The average molecular weight is 441 g/mol. The Morgan fingerprint density at radius 1 is 1.16 bits per heavy atom. The molecule has 1 aliphatic heterocycles. The van der Waals surface area contributed by atoms with Gasteiger partial charge in [-0.3, -0.25) is 14.9 Å². The summed E-state index contributed by atoms with van der Waals surface area (Å²) in [5.41, 5.74) is 1.90. The molecule has 9 heteroatoms. The Kier molecular flexibility index (Phi) is 8.04. The maximum atomic E-state index is 12.6. The number of ether oxygens (including phenoxy) is 3. The zero-order valence-corrected chi connectivity index (χ0v) is 18.2. The van der Waals surface area contributed by atoms with E-state index in [2.05, 4.69) is 10.2 Å². The normalized spacial score (nSPS) is 13.8. The van der Waals surface area contributed by atoms with Gasteiger partial charge in [0, 0.05) is 43.4 Å². The number of carbonyl (C=O) groups excluding carboxylic acids is 1. The molecule has 0 spiro atoms. The standard InChI is InChI=1S/C23H27N3O6/c1-3-31-21-16-20(25-10-12-30-13-11-25)22(32-4-2)15-19(21)24-23(27)9-8-17-6-5-7-18(14-17)26(28)29/h5-9,14-16H,3-4,10-13H2,1-2H3,(H,24,27). The third-order valence-corrected chi connectivity index (χ3v) is 4.78. The molecule has 0 atom stereocenters. The molecule has 1 aliphatic rings. The van der Waals surface area contributed by atoms with E-state index in [4.69, 9.17) is 14.2 Å². The SMILES string of the molecule is CCOc1cc(N2CCOCC2)c(OCC)cc1NC(=O)C=Cc1cccc([N+](=O)[O-])c1. The van der Waals surface area contributed by atoms with E-state index < -0.39 is 4.92 Å². The smallest absolute Gasteiger partial charge is 0.270 e. The summed E-state index contributed by atoms with van der Waals surface area (Å²) in [7, 11) is 0. The molecule has 3 rings (SSSR count). The van der Waals surface area contributed by atoms with Crippen LogP contribution in [0.15, 0.2) is 42.5 Å². The highest BCUT2D eigenvalue weighted by Gasteiger charge is 2.20. The van der Waals surface area contributed by atoms with Crippen LogP contribution in [-0.2, 0) is 9.53 Å². The van der Waals surface area contributed by atoms with Gasteiger partial charge in [0.15, 0.2) is 0 Å². The molecule has 1 heterocycles. The number of benzene rings is 2. The molecular formula is C23H27N3O6. The number of morpholine rings is 1. The molecule has 32 heavy (non-hydrogen) atoms. The lowest BCUT2D eigenvalue weighted by atomic mass is 10.2. The highest BCUT2D eigenvalue weighted by molar-refractivity contribution is 6.03. The Labute approximate surface area is 186 Å². The largest absolute Gasteiger partial charge is 0.492 e. The molecular weight excluding hydrogens is 414 g/mol. The zero-order chi connectivity index (χ0) is 22.9. The van der Waals surface area contributed by atoms with Gasteiger partial charge in [0.25, 0.3) is 5.69 Å². The van der Waals surface area contributed by atoms with Crippen LogP contribution >= 0.6 is 0 Å². The molecule has 0 bridgehead atoms. The number of amides is 1. The summed E-state index contributed by atoms with van der Waals surface area (Å²) >= 11 is 0. The maximum absolute atomic E-state index is 12.6. The highest BCUT2D eigenvalue weighted by Crippen LogP contribution is 2.39. The lowest BCUT2D eigenvalue weighted by Gasteiger charge is -2.31. The van der Waals surface area contributed by atoms with Crippen LogP contribution in [0.4, 0.5) is 17.1 Å². The Morgan fingerprint density at radius 2 is 1.88 bits per heavy atom. The van der Waals surface area contributed by atoms with Gasteiger partial charge in [-0.1, -0.05) is 12.1 Å². The first kappa shape index (κ1) is 23.1. The van der Waals surface area contributed by atoms with Gasteiger partial charge in [0.05, 0.1) is 42.7 Å². The van der Waals surface area contributed by atoms with Crippen LogP contribution in [0.25, 0.3) is 6.08 Å². The van der Waals surface area contributed by atoms with Crippen molar-refractivity contribution in [2.75, 3.05) is 49.7 Å². The Hall–Kier alpha value is -3.59. The van der Waals surface area contributed by atoms with Crippen molar-refractivity contribution in [3.8, 4) is 11.5 Å². The molecule has 9 nitrogen and oxygen atoms in total. The number of nitrogens with one attached hydrogen (secondary N) is 1. The summed E-state index contributed by atoms with van der Waals surface area (Å²) in [5, 5.41) is 13.7. The van der Waals surface area contributed by atoms with Crippen molar-refractivity contribution >= 4 is 29.0 Å². The number of nitro benzene ring substituents is 1. The minimum atomic E-state index is -0.475. The van der Waals surface area contributed by atoms with Crippen molar-refractivity contribution in [3.63, 3.8) is 0 Å². The molecule has 2 aromatic rings. The van der Waals surface area contributed by atoms with Gasteiger partial charge in [-0.15, -0.1) is 0 Å². The van der Waals surface area contributed by atoms with Crippen molar-refractivity contribution in [2.45, 2.75) is 13.8 Å². The molecule has 2 aromatic carbocycles. The molecule has 1 fully saturated rings. The third kappa shape index (κ3) is 5.98. The Morgan fingerprint density at radius 3 is 2.56 bits per heavy atom. The van der Waals surface area contributed by atoms with Gasteiger partial charge in [0.1, 0.15) is 11.5 Å². The summed E-state index contributed by atoms with van der Waals surface area (Å²) in [4.78, 5) is 25.2. The van der Waals surface area contributed by atoms with E-state index in [0.29, 0.717) is 49.2 Å². The number of rotatable bonds is 9. The molecule has 0 aromatic heterocycles. The van der Waals surface area contributed by atoms with E-state index in [9.17, 15) is 14.9 Å². The first-order valence-corrected chi connectivity index (χ1v) is 10.5. The maximum Gasteiger partial charge on any atom is 0.270 e. The highest BCUT2D eigenvalue weighted by atomic mass is 16.6. The van der Waals surface area contributed by atoms with Crippen molar-refractivity contribution in [2.24, 2.45) is 0 Å². The molecule has 0 aliphatic carbocycles. The molecule has 0 radical (unpaired) electrons. The number of nitrogens with zero attached hydrogens (tertiary/aromatic N) is 2. The number of hydrogen-bond acceptors (Lipinski definition) is 7. The number of hydrogen-bond donors (Lipinski definition) is 1. The summed E-state index contributed by atoms with van der Waals surface area (Å²) in [6.07, 6.45) is 2.85. The summed E-state index contributed by atoms with van der Waals surface area (Å²) < 4.78 is 17.1. The van der Waals surface area contributed by atoms with Crippen LogP contribution in [-0.4, -0.2) is 50.3 Å². The zero-order valence-electron chi connectivity index (χ0n) is 18.2. The fraction of sp³-hybridized carbons (Fsp3) is 0.348. The molecule has 1 saturated heterocycles. The first-order chi connectivity index (χ1) is 15.5. The Balaban J connectivity index is 1.83. The quantitative estimate of drug-likeness (QED) is 0.358. The molecule has 170 valence electrons. The Bertz CT molecular complexity index is 986. The van der Waals surface area contributed by atoms with Gasteiger partial charge >= 0.3 is 0 Å². The van der Waals surface area contributed by atoms with Crippen molar-refractivity contribution in [3.05, 3.63) is 58.2 Å².